The van der Waals surface area contributed by atoms with Gasteiger partial charge in [0.25, 0.3) is 0 Å². The van der Waals surface area contributed by atoms with Crippen molar-refractivity contribution in [2.75, 3.05) is 0 Å². The molecule has 0 aromatic carbocycles. The molecule has 1 unspecified atom stereocenters. The average Bonchev–Trinajstić information content (AvgIpc) is 3.03. The summed E-state index contributed by atoms with van der Waals surface area (Å²) in [4.78, 5) is 12.2. The number of ether oxygens (including phenoxy) is 3. The van der Waals surface area contributed by atoms with E-state index in [9.17, 15) is 9.90 Å². The molecule has 0 radical (unpaired) electrons. The number of alkyl carbamates (subject to hydrolysis) is 1. The summed E-state index contributed by atoms with van der Waals surface area (Å²) in [5.74, 6) is -0.719. The predicted octanol–water partition coefficient (Wildman–Crippen LogP) is 2.72. The van der Waals surface area contributed by atoms with Crippen LogP contribution in [0.3, 0.4) is 0 Å². The van der Waals surface area contributed by atoms with Crippen molar-refractivity contribution in [1.29, 1.82) is 0 Å². The first-order chi connectivity index (χ1) is 11.0. The number of rotatable bonds is 2. The zero-order chi connectivity index (χ0) is 17.8. The van der Waals surface area contributed by atoms with Crippen molar-refractivity contribution < 1.29 is 24.1 Å². The number of aliphatic hydroxyl groups is 1. The van der Waals surface area contributed by atoms with Gasteiger partial charge in [0.2, 0.25) is 0 Å². The molecular weight excluding hydrogens is 310 g/mol. The highest BCUT2D eigenvalue weighted by Crippen LogP contribution is 2.50. The first-order valence-electron chi connectivity index (χ1n) is 9.07. The minimum atomic E-state index is -0.711. The summed E-state index contributed by atoms with van der Waals surface area (Å²) in [6, 6.07) is -0.207. The fourth-order valence-corrected chi connectivity index (χ4v) is 4.46. The number of amides is 1. The highest BCUT2D eigenvalue weighted by molar-refractivity contribution is 5.68. The normalized spacial score (nSPS) is 37.2. The Hall–Kier alpha value is -0.850. The molecule has 24 heavy (non-hydrogen) atoms. The fraction of sp³-hybridized carbons (Fsp3) is 0.944. The maximum atomic E-state index is 12.2. The molecule has 6 heteroatoms. The summed E-state index contributed by atoms with van der Waals surface area (Å²) in [6.07, 6.45) is 3.44. The molecule has 138 valence electrons. The molecule has 2 saturated carbocycles. The van der Waals surface area contributed by atoms with Crippen molar-refractivity contribution in [2.45, 2.75) is 102 Å². The van der Waals surface area contributed by atoms with Crippen molar-refractivity contribution in [3.8, 4) is 0 Å². The van der Waals surface area contributed by atoms with E-state index in [1.54, 1.807) is 0 Å². The van der Waals surface area contributed by atoms with Gasteiger partial charge >= 0.3 is 6.09 Å². The second kappa shape index (κ2) is 5.85. The average molecular weight is 341 g/mol. The van der Waals surface area contributed by atoms with E-state index >= 15 is 0 Å². The van der Waals surface area contributed by atoms with Gasteiger partial charge in [-0.3, -0.25) is 0 Å². The van der Waals surface area contributed by atoms with Gasteiger partial charge in [0.15, 0.2) is 5.79 Å². The minimum absolute atomic E-state index is 0.0216. The van der Waals surface area contributed by atoms with Crippen molar-refractivity contribution >= 4 is 6.09 Å². The highest BCUT2D eigenvalue weighted by Gasteiger charge is 2.60. The third-order valence-corrected chi connectivity index (χ3v) is 5.33. The molecule has 1 amide bonds. The fourth-order valence-electron chi connectivity index (χ4n) is 4.46. The minimum Gasteiger partial charge on any atom is -0.444 e. The number of nitrogens with one attached hydrogen (secondary N) is 1. The topological polar surface area (TPSA) is 77.0 Å². The van der Waals surface area contributed by atoms with Crippen LogP contribution in [0, 0.1) is 5.92 Å². The molecular formula is C18H31NO5. The standard InChI is InChI=1S/C18H31NO5/c1-16(2,3)24-15(20)19-12-10-11(18(21)8-6-7-9-18)13-14(12)23-17(4,5)22-13/h11-14,21H,6-10H2,1-5H3,(H,19,20)/t11-,12?,13+,14-/m0/s1. The predicted molar refractivity (Wildman–Crippen MR) is 88.5 cm³/mol. The van der Waals surface area contributed by atoms with Gasteiger partial charge in [-0.1, -0.05) is 12.8 Å². The Morgan fingerprint density at radius 3 is 2.33 bits per heavy atom. The zero-order valence-corrected chi connectivity index (χ0v) is 15.4. The molecule has 6 nitrogen and oxygen atoms in total. The number of carbonyl (C=O) groups excluding carboxylic acids is 1. The van der Waals surface area contributed by atoms with Gasteiger partial charge in [0.1, 0.15) is 11.7 Å². The van der Waals surface area contributed by atoms with Crippen LogP contribution in [0.2, 0.25) is 0 Å². The van der Waals surface area contributed by atoms with Crippen LogP contribution in [-0.4, -0.2) is 46.4 Å². The van der Waals surface area contributed by atoms with Crippen molar-refractivity contribution in [3.63, 3.8) is 0 Å². The lowest BCUT2D eigenvalue weighted by molar-refractivity contribution is -0.170. The van der Waals surface area contributed by atoms with Crippen molar-refractivity contribution in [3.05, 3.63) is 0 Å². The molecule has 1 saturated heterocycles. The Labute approximate surface area is 144 Å². The van der Waals surface area contributed by atoms with E-state index in [-0.39, 0.29) is 24.2 Å². The van der Waals surface area contributed by atoms with Gasteiger partial charge in [-0.25, -0.2) is 4.79 Å². The summed E-state index contributed by atoms with van der Waals surface area (Å²) in [7, 11) is 0. The molecule has 0 aromatic rings. The van der Waals surface area contributed by atoms with Crippen LogP contribution in [0.1, 0.15) is 66.7 Å². The lowest BCUT2D eigenvalue weighted by atomic mass is 9.83. The molecule has 1 aliphatic heterocycles. The van der Waals surface area contributed by atoms with E-state index in [4.69, 9.17) is 14.2 Å². The smallest absolute Gasteiger partial charge is 0.407 e. The molecule has 1 heterocycles. The van der Waals surface area contributed by atoms with Crippen molar-refractivity contribution in [1.82, 2.24) is 5.32 Å². The Balaban J connectivity index is 1.74. The van der Waals surface area contributed by atoms with Gasteiger partial charge in [-0.15, -0.1) is 0 Å². The molecule has 2 aliphatic carbocycles. The first kappa shape index (κ1) is 18.0. The Morgan fingerprint density at radius 2 is 1.75 bits per heavy atom. The van der Waals surface area contributed by atoms with Crippen LogP contribution in [0.5, 0.6) is 0 Å². The molecule has 0 bridgehead atoms. The van der Waals surface area contributed by atoms with Crippen LogP contribution < -0.4 is 5.32 Å². The first-order valence-corrected chi connectivity index (χ1v) is 9.07. The number of hydrogen-bond acceptors (Lipinski definition) is 5. The van der Waals surface area contributed by atoms with Crippen LogP contribution in [0.15, 0.2) is 0 Å². The van der Waals surface area contributed by atoms with Crippen LogP contribution in [-0.2, 0) is 14.2 Å². The van der Waals surface area contributed by atoms with Gasteiger partial charge < -0.3 is 24.6 Å². The van der Waals surface area contributed by atoms with Gasteiger partial charge in [-0.05, 0) is 53.9 Å². The van der Waals surface area contributed by atoms with Crippen LogP contribution in [0.25, 0.3) is 0 Å². The lowest BCUT2D eigenvalue weighted by Crippen LogP contribution is -2.45. The molecule has 0 aromatic heterocycles. The third kappa shape index (κ3) is 3.55. The van der Waals surface area contributed by atoms with Gasteiger partial charge in [0, 0.05) is 5.92 Å². The molecule has 2 N–H and O–H groups in total. The lowest BCUT2D eigenvalue weighted by Gasteiger charge is -2.33. The maximum Gasteiger partial charge on any atom is 0.407 e. The number of hydrogen-bond donors (Lipinski definition) is 2. The van der Waals surface area contributed by atoms with Gasteiger partial charge in [0.05, 0.1) is 17.7 Å². The molecule has 0 spiro atoms. The number of carbonyl (C=O) groups is 1. The number of fused-ring (bicyclic) bond motifs is 1. The summed E-state index contributed by atoms with van der Waals surface area (Å²) >= 11 is 0. The molecule has 3 fully saturated rings. The van der Waals surface area contributed by atoms with E-state index in [1.165, 1.54) is 0 Å². The molecule has 3 aliphatic rings. The third-order valence-electron chi connectivity index (χ3n) is 5.33. The summed E-state index contributed by atoms with van der Waals surface area (Å²) in [5, 5.41) is 14.0. The Morgan fingerprint density at radius 1 is 1.17 bits per heavy atom. The summed E-state index contributed by atoms with van der Waals surface area (Å²) in [6.45, 7) is 9.28. The Bertz CT molecular complexity index is 492. The second-order valence-electron chi connectivity index (χ2n) is 8.97. The van der Waals surface area contributed by atoms with E-state index in [1.807, 2.05) is 34.6 Å². The van der Waals surface area contributed by atoms with Crippen LogP contribution in [0.4, 0.5) is 4.79 Å². The van der Waals surface area contributed by atoms with Crippen LogP contribution >= 0.6 is 0 Å². The van der Waals surface area contributed by atoms with Crippen molar-refractivity contribution in [2.24, 2.45) is 5.92 Å². The van der Waals surface area contributed by atoms with E-state index in [2.05, 4.69) is 5.32 Å². The summed E-state index contributed by atoms with van der Waals surface area (Å²) < 4.78 is 17.5. The second-order valence-corrected chi connectivity index (χ2v) is 8.97. The zero-order valence-electron chi connectivity index (χ0n) is 15.4. The monoisotopic (exact) mass is 341 g/mol. The van der Waals surface area contributed by atoms with E-state index in [0.29, 0.717) is 6.42 Å². The Kier molecular flexibility index (Phi) is 4.38. The largest absolute Gasteiger partial charge is 0.444 e. The maximum absolute atomic E-state index is 12.2. The summed E-state index contributed by atoms with van der Waals surface area (Å²) in [5.41, 5.74) is -1.26. The molecule has 4 atom stereocenters. The van der Waals surface area contributed by atoms with E-state index < -0.39 is 23.1 Å². The molecule has 3 rings (SSSR count). The van der Waals surface area contributed by atoms with Gasteiger partial charge in [-0.2, -0.15) is 0 Å². The highest BCUT2D eigenvalue weighted by atomic mass is 16.8. The van der Waals surface area contributed by atoms with E-state index in [0.717, 1.165) is 25.7 Å². The SMILES string of the molecule is CC(C)(C)OC(=O)NC1C[C@H](C2(O)CCCC2)[C@H]2OC(C)(C)O[C@@H]12. The quantitative estimate of drug-likeness (QED) is 0.807.